The Morgan fingerprint density at radius 1 is 1.14 bits per heavy atom. The van der Waals surface area contributed by atoms with Crippen LogP contribution in [0.4, 0.5) is 5.69 Å². The quantitative estimate of drug-likeness (QED) is 0.430. The van der Waals surface area contributed by atoms with Crippen molar-refractivity contribution in [2.24, 2.45) is 4.99 Å². The first-order valence-corrected chi connectivity index (χ1v) is 10.5. The van der Waals surface area contributed by atoms with Crippen molar-refractivity contribution in [3.63, 3.8) is 0 Å². The molecule has 0 spiro atoms. The molecular formula is C23H33N5O. The molecule has 1 aromatic heterocycles. The molecule has 6 heteroatoms. The van der Waals surface area contributed by atoms with Crippen molar-refractivity contribution in [2.45, 2.75) is 45.7 Å². The minimum Gasteiger partial charge on any atom is -0.369 e. The van der Waals surface area contributed by atoms with Crippen LogP contribution in [0.25, 0.3) is 0 Å². The van der Waals surface area contributed by atoms with Crippen LogP contribution >= 0.6 is 0 Å². The van der Waals surface area contributed by atoms with Gasteiger partial charge in [0.1, 0.15) is 0 Å². The van der Waals surface area contributed by atoms with Crippen molar-refractivity contribution in [3.8, 4) is 0 Å². The Morgan fingerprint density at radius 2 is 1.93 bits per heavy atom. The zero-order valence-corrected chi connectivity index (χ0v) is 17.8. The number of benzene rings is 1. The highest BCUT2D eigenvalue weighted by molar-refractivity contribution is 5.80. The van der Waals surface area contributed by atoms with Gasteiger partial charge in [-0.3, -0.25) is 9.79 Å². The summed E-state index contributed by atoms with van der Waals surface area (Å²) in [7, 11) is 1.81. The van der Waals surface area contributed by atoms with Crippen molar-refractivity contribution in [1.29, 1.82) is 0 Å². The second-order valence-electron chi connectivity index (χ2n) is 7.77. The van der Waals surface area contributed by atoms with E-state index in [-0.39, 0.29) is 5.56 Å². The normalized spacial score (nSPS) is 16.9. The average Bonchev–Trinajstić information content (AvgIpc) is 3.18. The van der Waals surface area contributed by atoms with Gasteiger partial charge < -0.3 is 20.1 Å². The number of nitrogens with zero attached hydrogens (tertiary/aromatic N) is 3. The first-order valence-electron chi connectivity index (χ1n) is 10.5. The summed E-state index contributed by atoms with van der Waals surface area (Å²) in [6.07, 6.45) is 3.05. The topological polar surface area (TPSA) is 61.7 Å². The number of rotatable bonds is 7. The van der Waals surface area contributed by atoms with Gasteiger partial charge in [-0.05, 0) is 51.3 Å². The number of aromatic nitrogens is 1. The van der Waals surface area contributed by atoms with Gasteiger partial charge in [0, 0.05) is 56.7 Å². The Morgan fingerprint density at radius 3 is 2.66 bits per heavy atom. The second-order valence-corrected chi connectivity index (χ2v) is 7.77. The van der Waals surface area contributed by atoms with Crippen molar-refractivity contribution < 1.29 is 0 Å². The molecule has 0 radical (unpaired) electrons. The summed E-state index contributed by atoms with van der Waals surface area (Å²) in [5.41, 5.74) is 3.67. The predicted octanol–water partition coefficient (Wildman–Crippen LogP) is 2.69. The van der Waals surface area contributed by atoms with E-state index < -0.39 is 0 Å². The molecule has 2 heterocycles. The third-order valence-corrected chi connectivity index (χ3v) is 5.52. The van der Waals surface area contributed by atoms with Crippen LogP contribution in [0.1, 0.15) is 30.5 Å². The molecule has 0 aliphatic carbocycles. The molecule has 1 aromatic carbocycles. The molecule has 2 N–H and O–H groups in total. The SMILES string of the molecule is CN=C(NCCCCn1c(C)cccc1=O)NC1CCN(c2ccc(C)cc2)C1. The summed E-state index contributed by atoms with van der Waals surface area (Å²) in [6, 6.07) is 14.5. The van der Waals surface area contributed by atoms with Crippen LogP contribution < -0.4 is 21.1 Å². The van der Waals surface area contributed by atoms with Crippen LogP contribution in [0, 0.1) is 13.8 Å². The highest BCUT2D eigenvalue weighted by atomic mass is 16.1. The highest BCUT2D eigenvalue weighted by Gasteiger charge is 2.23. The number of hydrogen-bond donors (Lipinski definition) is 2. The Labute approximate surface area is 173 Å². The lowest BCUT2D eigenvalue weighted by molar-refractivity contribution is 0.571. The van der Waals surface area contributed by atoms with Gasteiger partial charge in [-0.15, -0.1) is 0 Å². The lowest BCUT2D eigenvalue weighted by Crippen LogP contribution is -2.44. The summed E-state index contributed by atoms with van der Waals surface area (Å²) < 4.78 is 1.84. The van der Waals surface area contributed by atoms with Gasteiger partial charge in [0.05, 0.1) is 0 Å². The predicted molar refractivity (Wildman–Crippen MR) is 121 cm³/mol. The van der Waals surface area contributed by atoms with E-state index in [1.807, 2.05) is 30.7 Å². The molecule has 2 aromatic rings. The van der Waals surface area contributed by atoms with E-state index in [0.29, 0.717) is 6.04 Å². The fourth-order valence-corrected chi connectivity index (χ4v) is 3.77. The molecule has 0 amide bonds. The van der Waals surface area contributed by atoms with Crippen LogP contribution in [0.15, 0.2) is 52.3 Å². The monoisotopic (exact) mass is 395 g/mol. The molecule has 1 atom stereocenters. The summed E-state index contributed by atoms with van der Waals surface area (Å²) in [5, 5.41) is 6.95. The lowest BCUT2D eigenvalue weighted by atomic mass is 10.2. The van der Waals surface area contributed by atoms with Gasteiger partial charge in [0.25, 0.3) is 5.56 Å². The zero-order valence-electron chi connectivity index (χ0n) is 17.8. The summed E-state index contributed by atoms with van der Waals surface area (Å²) in [5.74, 6) is 0.855. The maximum absolute atomic E-state index is 11.9. The number of hydrogen-bond acceptors (Lipinski definition) is 3. The van der Waals surface area contributed by atoms with Crippen LogP contribution in [-0.4, -0.2) is 43.3 Å². The van der Waals surface area contributed by atoms with E-state index >= 15 is 0 Å². The molecular weight excluding hydrogens is 362 g/mol. The van der Waals surface area contributed by atoms with E-state index in [4.69, 9.17) is 0 Å². The first kappa shape index (κ1) is 21.0. The number of unbranched alkanes of at least 4 members (excludes halogenated alkanes) is 1. The summed E-state index contributed by atoms with van der Waals surface area (Å²) in [4.78, 5) is 18.7. The Balaban J connectivity index is 1.39. The fraction of sp³-hybridized carbons (Fsp3) is 0.478. The number of aryl methyl sites for hydroxylation is 2. The minimum atomic E-state index is 0.0785. The van der Waals surface area contributed by atoms with Crippen LogP contribution in [0.2, 0.25) is 0 Å². The highest BCUT2D eigenvalue weighted by Crippen LogP contribution is 2.20. The molecule has 3 rings (SSSR count). The van der Waals surface area contributed by atoms with E-state index in [9.17, 15) is 4.79 Å². The third kappa shape index (κ3) is 5.86. The van der Waals surface area contributed by atoms with Gasteiger partial charge in [-0.1, -0.05) is 23.8 Å². The van der Waals surface area contributed by atoms with Gasteiger partial charge in [-0.25, -0.2) is 0 Å². The average molecular weight is 396 g/mol. The van der Waals surface area contributed by atoms with Gasteiger partial charge >= 0.3 is 0 Å². The molecule has 0 saturated carbocycles. The van der Waals surface area contributed by atoms with Crippen LogP contribution in [-0.2, 0) is 6.54 Å². The molecule has 29 heavy (non-hydrogen) atoms. The van der Waals surface area contributed by atoms with Gasteiger partial charge in [0.15, 0.2) is 5.96 Å². The molecule has 0 bridgehead atoms. The van der Waals surface area contributed by atoms with E-state index in [1.54, 1.807) is 6.07 Å². The van der Waals surface area contributed by atoms with Crippen molar-refractivity contribution >= 4 is 11.6 Å². The zero-order chi connectivity index (χ0) is 20.6. The van der Waals surface area contributed by atoms with Crippen molar-refractivity contribution in [3.05, 3.63) is 64.1 Å². The molecule has 1 aliphatic rings. The largest absolute Gasteiger partial charge is 0.369 e. The Hall–Kier alpha value is -2.76. The van der Waals surface area contributed by atoms with E-state index in [1.165, 1.54) is 11.3 Å². The molecule has 1 aliphatic heterocycles. The van der Waals surface area contributed by atoms with Crippen LogP contribution in [0.5, 0.6) is 0 Å². The molecule has 6 nitrogen and oxygen atoms in total. The Bertz CT molecular complexity index is 872. The smallest absolute Gasteiger partial charge is 0.250 e. The molecule has 1 fully saturated rings. The van der Waals surface area contributed by atoms with Crippen molar-refractivity contribution in [2.75, 3.05) is 31.6 Å². The van der Waals surface area contributed by atoms with E-state index in [2.05, 4.69) is 51.7 Å². The number of guanidine groups is 1. The number of nitrogens with one attached hydrogen (secondary N) is 2. The van der Waals surface area contributed by atoms with Gasteiger partial charge in [-0.2, -0.15) is 0 Å². The standard InChI is InChI=1S/C23H33N5O/c1-18-9-11-21(12-10-18)27-16-13-20(17-27)26-23(24-3)25-14-4-5-15-28-19(2)7-6-8-22(28)29/h6-12,20H,4-5,13-17H2,1-3H3,(H2,24,25,26). The number of aliphatic imine (C=N–C) groups is 1. The van der Waals surface area contributed by atoms with Crippen LogP contribution in [0.3, 0.4) is 0 Å². The third-order valence-electron chi connectivity index (χ3n) is 5.52. The second kappa shape index (κ2) is 10.1. The maximum Gasteiger partial charge on any atom is 0.250 e. The maximum atomic E-state index is 11.9. The summed E-state index contributed by atoms with van der Waals surface area (Å²) in [6.45, 7) is 7.74. The number of pyridine rings is 1. The summed E-state index contributed by atoms with van der Waals surface area (Å²) >= 11 is 0. The van der Waals surface area contributed by atoms with Gasteiger partial charge in [0.2, 0.25) is 0 Å². The molecule has 1 saturated heterocycles. The minimum absolute atomic E-state index is 0.0785. The molecule has 1 unspecified atom stereocenters. The first-order chi connectivity index (χ1) is 14.1. The molecule has 156 valence electrons. The van der Waals surface area contributed by atoms with Crippen molar-refractivity contribution in [1.82, 2.24) is 15.2 Å². The Kier molecular flexibility index (Phi) is 7.33. The number of anilines is 1. The lowest BCUT2D eigenvalue weighted by Gasteiger charge is -2.20. The fourth-order valence-electron chi connectivity index (χ4n) is 3.77. The van der Waals surface area contributed by atoms with E-state index in [0.717, 1.165) is 57.1 Å².